The van der Waals surface area contributed by atoms with Gasteiger partial charge in [0.05, 0.1) is 0 Å². The lowest BCUT2D eigenvalue weighted by Crippen LogP contribution is -2.33. The molecule has 0 aromatic carbocycles. The van der Waals surface area contributed by atoms with Crippen LogP contribution in [0.1, 0.15) is 20.8 Å². The number of alkyl halides is 2. The zero-order chi connectivity index (χ0) is 7.71. The minimum absolute atomic E-state index is 0.120. The third-order valence-corrected chi connectivity index (χ3v) is 1.80. The summed E-state index contributed by atoms with van der Waals surface area (Å²) in [6.07, 6.45) is 0.120. The lowest BCUT2D eigenvalue weighted by atomic mass is 9.91. The van der Waals surface area contributed by atoms with Crippen molar-refractivity contribution in [1.82, 2.24) is 0 Å². The largest absolute Gasteiger partial charge is 0.298 e. The van der Waals surface area contributed by atoms with Gasteiger partial charge >= 0.3 is 0 Å². The van der Waals surface area contributed by atoms with Crippen LogP contribution in [0.4, 0.5) is 4.39 Å². The van der Waals surface area contributed by atoms with Gasteiger partial charge in [-0.05, 0) is 0 Å². The molecule has 0 radical (unpaired) electrons. The summed E-state index contributed by atoms with van der Waals surface area (Å²) >= 11 is 5.16. The molecule has 54 valence electrons. The van der Waals surface area contributed by atoms with Crippen LogP contribution >= 0.6 is 11.6 Å². The van der Waals surface area contributed by atoms with Crippen LogP contribution in [-0.2, 0) is 4.79 Å². The fraction of sp³-hybridized carbons (Fsp3) is 0.833. The van der Waals surface area contributed by atoms with E-state index in [2.05, 4.69) is 0 Å². The van der Waals surface area contributed by atoms with Gasteiger partial charge < -0.3 is 0 Å². The molecule has 0 saturated carbocycles. The molecule has 0 aliphatic carbocycles. The third-order valence-electron chi connectivity index (χ3n) is 1.15. The Morgan fingerprint density at radius 3 is 1.78 bits per heavy atom. The number of hydrogen-bond acceptors (Lipinski definition) is 1. The van der Waals surface area contributed by atoms with Crippen molar-refractivity contribution in [2.75, 3.05) is 0 Å². The van der Waals surface area contributed by atoms with Crippen molar-refractivity contribution in [3.05, 3.63) is 0 Å². The quantitative estimate of drug-likeness (QED) is 0.416. The van der Waals surface area contributed by atoms with Crippen LogP contribution in [0.25, 0.3) is 0 Å². The van der Waals surface area contributed by atoms with Gasteiger partial charge in [0.15, 0.2) is 6.29 Å². The summed E-state index contributed by atoms with van der Waals surface area (Å²) in [4.78, 5) is 9.97. The molecule has 1 atom stereocenters. The van der Waals surface area contributed by atoms with Crippen molar-refractivity contribution in [2.24, 2.45) is 5.41 Å². The molecule has 0 bridgehead atoms. The standard InChI is InChI=1S/C6H10ClFO/c1-5(2,3)6(7,8)4-9/h4H,1-3H3. The Labute approximate surface area is 59.2 Å². The number of aldehydes is 1. The molecule has 0 aromatic heterocycles. The lowest BCUT2D eigenvalue weighted by Gasteiger charge is -2.26. The summed E-state index contributed by atoms with van der Waals surface area (Å²) in [5.41, 5.74) is -0.823. The highest BCUT2D eigenvalue weighted by Crippen LogP contribution is 2.35. The first kappa shape index (κ1) is 8.89. The molecule has 0 amide bonds. The first-order valence-corrected chi connectivity index (χ1v) is 3.03. The van der Waals surface area contributed by atoms with Crippen LogP contribution in [0.3, 0.4) is 0 Å². The monoisotopic (exact) mass is 152 g/mol. The molecule has 0 aromatic rings. The van der Waals surface area contributed by atoms with Gasteiger partial charge in [-0.1, -0.05) is 32.4 Å². The van der Waals surface area contributed by atoms with Gasteiger partial charge in [0.2, 0.25) is 5.13 Å². The zero-order valence-electron chi connectivity index (χ0n) is 5.74. The molecule has 0 rings (SSSR count). The molecule has 9 heavy (non-hydrogen) atoms. The summed E-state index contributed by atoms with van der Waals surface area (Å²) < 4.78 is 12.7. The molecular formula is C6H10ClFO. The molecule has 1 nitrogen and oxygen atoms in total. The molecule has 0 saturated heterocycles. The normalized spacial score (nSPS) is 18.8. The SMILES string of the molecule is CC(C)(C)C(F)(Cl)C=O. The van der Waals surface area contributed by atoms with Crippen LogP contribution in [0.2, 0.25) is 0 Å². The Balaban J connectivity index is 4.32. The maximum Gasteiger partial charge on any atom is 0.242 e. The van der Waals surface area contributed by atoms with E-state index in [0.717, 1.165) is 0 Å². The first-order chi connectivity index (χ1) is 3.81. The molecular weight excluding hydrogens is 143 g/mol. The van der Waals surface area contributed by atoms with E-state index in [1.807, 2.05) is 0 Å². The van der Waals surface area contributed by atoms with E-state index in [-0.39, 0.29) is 6.29 Å². The minimum atomic E-state index is -2.23. The van der Waals surface area contributed by atoms with Crippen LogP contribution < -0.4 is 0 Å². The van der Waals surface area contributed by atoms with Gasteiger partial charge in [0.1, 0.15) is 0 Å². The number of halogens is 2. The second-order valence-electron chi connectivity index (χ2n) is 2.99. The number of hydrogen-bond donors (Lipinski definition) is 0. The average Bonchev–Trinajstić information content (AvgIpc) is 1.64. The summed E-state index contributed by atoms with van der Waals surface area (Å²) in [7, 11) is 0. The van der Waals surface area contributed by atoms with E-state index in [9.17, 15) is 9.18 Å². The van der Waals surface area contributed by atoms with Gasteiger partial charge in [0, 0.05) is 5.41 Å². The molecule has 0 aliphatic rings. The fourth-order valence-corrected chi connectivity index (χ4v) is 0.177. The fourth-order valence-electron chi connectivity index (χ4n) is 0.177. The Bertz CT molecular complexity index is 115. The Morgan fingerprint density at radius 1 is 1.44 bits per heavy atom. The molecule has 0 spiro atoms. The van der Waals surface area contributed by atoms with Gasteiger partial charge in [-0.25, -0.2) is 4.39 Å². The van der Waals surface area contributed by atoms with Crippen LogP contribution in [0, 0.1) is 5.41 Å². The maximum atomic E-state index is 12.7. The van der Waals surface area contributed by atoms with Crippen molar-refractivity contribution in [3.63, 3.8) is 0 Å². The van der Waals surface area contributed by atoms with E-state index in [4.69, 9.17) is 11.6 Å². The highest BCUT2D eigenvalue weighted by atomic mass is 35.5. The molecule has 0 N–H and O–H groups in total. The summed E-state index contributed by atoms with van der Waals surface area (Å²) in [5, 5.41) is -2.23. The van der Waals surface area contributed by atoms with Gasteiger partial charge in [-0.2, -0.15) is 0 Å². The highest BCUT2D eigenvalue weighted by molar-refractivity contribution is 6.30. The Hall–Kier alpha value is -0.110. The lowest BCUT2D eigenvalue weighted by molar-refractivity contribution is -0.117. The molecule has 0 aliphatic heterocycles. The second-order valence-corrected chi connectivity index (χ2v) is 3.54. The van der Waals surface area contributed by atoms with Crippen molar-refractivity contribution in [3.8, 4) is 0 Å². The van der Waals surface area contributed by atoms with E-state index in [1.165, 1.54) is 0 Å². The molecule has 3 heteroatoms. The average molecular weight is 153 g/mol. The van der Waals surface area contributed by atoms with Crippen molar-refractivity contribution in [1.29, 1.82) is 0 Å². The predicted molar refractivity (Wildman–Crippen MR) is 35.2 cm³/mol. The van der Waals surface area contributed by atoms with Crippen LogP contribution in [-0.4, -0.2) is 11.4 Å². The predicted octanol–water partition coefficient (Wildman–Crippen LogP) is 2.14. The van der Waals surface area contributed by atoms with E-state index >= 15 is 0 Å². The smallest absolute Gasteiger partial charge is 0.242 e. The molecule has 0 fully saturated rings. The summed E-state index contributed by atoms with van der Waals surface area (Å²) in [6.45, 7) is 4.69. The van der Waals surface area contributed by atoms with Crippen LogP contribution in [0.5, 0.6) is 0 Å². The van der Waals surface area contributed by atoms with Crippen molar-refractivity contribution in [2.45, 2.75) is 25.9 Å². The maximum absolute atomic E-state index is 12.7. The molecule has 1 unspecified atom stereocenters. The van der Waals surface area contributed by atoms with Crippen molar-refractivity contribution >= 4 is 17.9 Å². The van der Waals surface area contributed by atoms with E-state index in [0.29, 0.717) is 0 Å². The number of rotatable bonds is 1. The number of carbonyl (C=O) groups is 1. The molecule has 0 heterocycles. The van der Waals surface area contributed by atoms with Gasteiger partial charge in [-0.15, -0.1) is 0 Å². The minimum Gasteiger partial charge on any atom is -0.298 e. The Kier molecular flexibility index (Phi) is 2.23. The number of carbonyl (C=O) groups excluding carboxylic acids is 1. The summed E-state index contributed by atoms with van der Waals surface area (Å²) in [5.74, 6) is 0. The third kappa shape index (κ3) is 1.94. The zero-order valence-corrected chi connectivity index (χ0v) is 6.50. The van der Waals surface area contributed by atoms with Gasteiger partial charge in [-0.3, -0.25) is 4.79 Å². The first-order valence-electron chi connectivity index (χ1n) is 2.65. The van der Waals surface area contributed by atoms with Crippen molar-refractivity contribution < 1.29 is 9.18 Å². The Morgan fingerprint density at radius 2 is 1.78 bits per heavy atom. The van der Waals surface area contributed by atoms with Gasteiger partial charge in [0.25, 0.3) is 0 Å². The summed E-state index contributed by atoms with van der Waals surface area (Å²) in [6, 6.07) is 0. The van der Waals surface area contributed by atoms with E-state index < -0.39 is 10.5 Å². The van der Waals surface area contributed by atoms with E-state index in [1.54, 1.807) is 20.8 Å². The highest BCUT2D eigenvalue weighted by Gasteiger charge is 2.40. The second kappa shape index (κ2) is 2.25. The van der Waals surface area contributed by atoms with Crippen LogP contribution in [0.15, 0.2) is 0 Å². The topological polar surface area (TPSA) is 17.1 Å².